The largest absolute Gasteiger partial charge is 0.459 e. The van der Waals surface area contributed by atoms with Gasteiger partial charge in [0.05, 0.1) is 28.5 Å². The van der Waals surface area contributed by atoms with Gasteiger partial charge in [-0.05, 0) is 42.8 Å². The first-order valence-electron chi connectivity index (χ1n) is 9.36. The summed E-state index contributed by atoms with van der Waals surface area (Å²) in [6.07, 6.45) is 2.90. The van der Waals surface area contributed by atoms with Gasteiger partial charge in [-0.2, -0.15) is 0 Å². The number of rotatable bonds is 7. The van der Waals surface area contributed by atoms with Gasteiger partial charge in [0.25, 0.3) is 11.8 Å². The van der Waals surface area contributed by atoms with Gasteiger partial charge in [-0.1, -0.05) is 24.3 Å². The van der Waals surface area contributed by atoms with E-state index >= 15 is 0 Å². The third-order valence-electron chi connectivity index (χ3n) is 4.48. The Morgan fingerprint density at radius 3 is 2.62 bits per heavy atom. The number of imidazole rings is 1. The lowest BCUT2D eigenvalue weighted by Crippen LogP contribution is -2.26. The Hall–Kier alpha value is -3.87. The van der Waals surface area contributed by atoms with Gasteiger partial charge in [0.2, 0.25) is 0 Å². The van der Waals surface area contributed by atoms with Crippen LogP contribution in [-0.4, -0.2) is 28.3 Å². The van der Waals surface area contributed by atoms with Gasteiger partial charge in [-0.15, -0.1) is 0 Å². The van der Waals surface area contributed by atoms with Crippen LogP contribution in [-0.2, 0) is 6.42 Å². The van der Waals surface area contributed by atoms with Crippen molar-refractivity contribution in [3.8, 4) is 0 Å². The van der Waals surface area contributed by atoms with E-state index in [0.29, 0.717) is 17.8 Å². The van der Waals surface area contributed by atoms with Crippen molar-refractivity contribution in [1.29, 1.82) is 0 Å². The molecular weight excluding hydrogens is 368 g/mol. The molecule has 29 heavy (non-hydrogen) atoms. The number of carbonyl (C=O) groups excluding carboxylic acids is 2. The molecule has 0 spiro atoms. The minimum Gasteiger partial charge on any atom is -0.459 e. The maximum atomic E-state index is 12.6. The van der Waals surface area contributed by atoms with Crippen molar-refractivity contribution in [2.45, 2.75) is 12.8 Å². The van der Waals surface area contributed by atoms with E-state index in [4.69, 9.17) is 4.42 Å². The van der Waals surface area contributed by atoms with Crippen LogP contribution < -0.4 is 10.6 Å². The summed E-state index contributed by atoms with van der Waals surface area (Å²) < 4.78 is 5.09. The Balaban J connectivity index is 1.33. The molecule has 0 unspecified atom stereocenters. The smallest absolute Gasteiger partial charge is 0.291 e. The first-order valence-corrected chi connectivity index (χ1v) is 9.36. The Bertz CT molecular complexity index is 1100. The molecule has 2 aromatic carbocycles. The zero-order valence-corrected chi connectivity index (χ0v) is 15.6. The average Bonchev–Trinajstić information content (AvgIpc) is 3.41. The molecule has 3 N–H and O–H groups in total. The second-order valence-corrected chi connectivity index (χ2v) is 6.54. The molecule has 0 aliphatic rings. The van der Waals surface area contributed by atoms with Crippen LogP contribution in [0.2, 0.25) is 0 Å². The molecule has 0 bridgehead atoms. The van der Waals surface area contributed by atoms with Crippen molar-refractivity contribution in [1.82, 2.24) is 15.3 Å². The minimum atomic E-state index is -0.403. The summed E-state index contributed by atoms with van der Waals surface area (Å²) in [6, 6.07) is 17.9. The molecule has 146 valence electrons. The number of hydrogen-bond acceptors (Lipinski definition) is 4. The van der Waals surface area contributed by atoms with E-state index in [1.165, 1.54) is 6.26 Å². The predicted octanol–water partition coefficient (Wildman–Crippen LogP) is 3.77. The average molecular weight is 388 g/mol. The number of amides is 2. The van der Waals surface area contributed by atoms with Crippen molar-refractivity contribution >= 4 is 28.5 Å². The van der Waals surface area contributed by atoms with Crippen LogP contribution in [0, 0.1) is 0 Å². The maximum Gasteiger partial charge on any atom is 0.291 e. The first kappa shape index (κ1) is 18.5. The van der Waals surface area contributed by atoms with Crippen molar-refractivity contribution in [2.75, 3.05) is 11.9 Å². The summed E-state index contributed by atoms with van der Waals surface area (Å²) in [5, 5.41) is 5.61. The molecule has 7 heteroatoms. The summed E-state index contributed by atoms with van der Waals surface area (Å²) in [5.74, 6) is 0.433. The Labute approximate surface area is 167 Å². The molecule has 2 aromatic heterocycles. The van der Waals surface area contributed by atoms with Crippen LogP contribution in [0.25, 0.3) is 11.0 Å². The maximum absolute atomic E-state index is 12.6. The van der Waals surface area contributed by atoms with Gasteiger partial charge in [-0.25, -0.2) is 4.98 Å². The number of aryl methyl sites for hydroxylation is 1. The number of benzene rings is 2. The van der Waals surface area contributed by atoms with Gasteiger partial charge < -0.3 is 20.0 Å². The zero-order chi connectivity index (χ0) is 20.1. The molecular formula is C22H20N4O3. The second-order valence-electron chi connectivity index (χ2n) is 6.54. The lowest BCUT2D eigenvalue weighted by molar-refractivity contribution is 0.0954. The molecule has 0 radical (unpaired) electrons. The fourth-order valence-corrected chi connectivity index (χ4v) is 3.06. The molecule has 0 fully saturated rings. The van der Waals surface area contributed by atoms with Crippen molar-refractivity contribution < 1.29 is 14.0 Å². The van der Waals surface area contributed by atoms with E-state index < -0.39 is 5.91 Å². The van der Waals surface area contributed by atoms with E-state index in [1.54, 1.807) is 36.4 Å². The van der Waals surface area contributed by atoms with Crippen LogP contribution in [0.15, 0.2) is 71.3 Å². The number of nitrogens with one attached hydrogen (secondary N) is 3. The first-order chi connectivity index (χ1) is 14.2. The SMILES string of the molecule is O=C(Nc1ccccc1C(=O)NCCCc1nc2ccccc2[nH]1)c1ccco1. The Kier molecular flexibility index (Phi) is 5.38. The molecule has 7 nitrogen and oxygen atoms in total. The highest BCUT2D eigenvalue weighted by molar-refractivity contribution is 6.07. The summed E-state index contributed by atoms with van der Waals surface area (Å²) in [7, 11) is 0. The molecule has 0 atom stereocenters. The number of fused-ring (bicyclic) bond motifs is 1. The number of furan rings is 1. The fourth-order valence-electron chi connectivity index (χ4n) is 3.06. The van der Waals surface area contributed by atoms with Crippen LogP contribution in [0.4, 0.5) is 5.69 Å². The van der Waals surface area contributed by atoms with Gasteiger partial charge in [0, 0.05) is 13.0 Å². The number of hydrogen-bond donors (Lipinski definition) is 3. The van der Waals surface area contributed by atoms with Crippen LogP contribution >= 0.6 is 0 Å². The van der Waals surface area contributed by atoms with Crippen molar-refractivity contribution in [2.24, 2.45) is 0 Å². The molecule has 4 rings (SSSR count). The molecule has 0 aliphatic carbocycles. The normalized spacial score (nSPS) is 10.8. The summed E-state index contributed by atoms with van der Waals surface area (Å²) >= 11 is 0. The standard InChI is InChI=1S/C22H20N4O3/c27-21(23-13-5-12-20-24-17-9-3-4-10-18(17)25-20)15-7-1-2-8-16(15)26-22(28)19-11-6-14-29-19/h1-4,6-11,14H,5,12-13H2,(H,23,27)(H,24,25)(H,26,28). The van der Waals surface area contributed by atoms with Crippen LogP contribution in [0.3, 0.4) is 0 Å². The molecule has 0 saturated heterocycles. The molecule has 2 amide bonds. The number of carbonyl (C=O) groups is 2. The zero-order valence-electron chi connectivity index (χ0n) is 15.6. The third-order valence-corrected chi connectivity index (χ3v) is 4.48. The molecule has 0 saturated carbocycles. The summed E-state index contributed by atoms with van der Waals surface area (Å²) in [4.78, 5) is 32.6. The van der Waals surface area contributed by atoms with E-state index in [2.05, 4.69) is 20.6 Å². The minimum absolute atomic E-state index is 0.186. The third kappa shape index (κ3) is 4.35. The van der Waals surface area contributed by atoms with Crippen LogP contribution in [0.1, 0.15) is 33.2 Å². The van der Waals surface area contributed by atoms with Crippen molar-refractivity contribution in [3.63, 3.8) is 0 Å². The van der Waals surface area contributed by atoms with Gasteiger partial charge in [0.1, 0.15) is 5.82 Å². The molecule has 4 aromatic rings. The number of aromatic nitrogens is 2. The number of nitrogens with zero attached hydrogens (tertiary/aromatic N) is 1. The van der Waals surface area contributed by atoms with Gasteiger partial charge >= 0.3 is 0 Å². The van der Waals surface area contributed by atoms with Crippen molar-refractivity contribution in [3.05, 3.63) is 84.1 Å². The fraction of sp³-hybridized carbons (Fsp3) is 0.136. The highest BCUT2D eigenvalue weighted by Gasteiger charge is 2.15. The topological polar surface area (TPSA) is 100 Å². The highest BCUT2D eigenvalue weighted by atomic mass is 16.3. The predicted molar refractivity (Wildman–Crippen MR) is 110 cm³/mol. The van der Waals surface area contributed by atoms with E-state index in [1.807, 2.05) is 24.3 Å². The Morgan fingerprint density at radius 2 is 1.79 bits per heavy atom. The lowest BCUT2D eigenvalue weighted by Gasteiger charge is -2.10. The highest BCUT2D eigenvalue weighted by Crippen LogP contribution is 2.17. The van der Waals surface area contributed by atoms with E-state index in [9.17, 15) is 9.59 Å². The second kappa shape index (κ2) is 8.43. The number of H-pyrrole nitrogens is 1. The summed E-state index contributed by atoms with van der Waals surface area (Å²) in [6.45, 7) is 0.496. The molecule has 0 aliphatic heterocycles. The number of aromatic amines is 1. The Morgan fingerprint density at radius 1 is 0.966 bits per heavy atom. The van der Waals surface area contributed by atoms with Gasteiger partial charge in [-0.3, -0.25) is 9.59 Å². The van der Waals surface area contributed by atoms with Crippen LogP contribution in [0.5, 0.6) is 0 Å². The lowest BCUT2D eigenvalue weighted by atomic mass is 10.1. The van der Waals surface area contributed by atoms with E-state index in [0.717, 1.165) is 29.7 Å². The monoisotopic (exact) mass is 388 g/mol. The quantitative estimate of drug-likeness (QED) is 0.420. The number of para-hydroxylation sites is 3. The molecule has 2 heterocycles. The summed E-state index contributed by atoms with van der Waals surface area (Å²) in [5.41, 5.74) is 2.78. The number of anilines is 1. The van der Waals surface area contributed by atoms with Gasteiger partial charge in [0.15, 0.2) is 5.76 Å². The van der Waals surface area contributed by atoms with E-state index in [-0.39, 0.29) is 11.7 Å².